The average molecular weight is 303 g/mol. The van der Waals surface area contributed by atoms with Gasteiger partial charge in [-0.3, -0.25) is 9.78 Å². The Hall–Kier alpha value is -2.02. The second-order valence-electron chi connectivity index (χ2n) is 5.19. The summed E-state index contributed by atoms with van der Waals surface area (Å²) in [4.78, 5) is 29.8. The molecule has 6 nitrogen and oxygen atoms in total. The van der Waals surface area contributed by atoms with Crippen molar-refractivity contribution in [3.05, 3.63) is 34.2 Å². The number of rotatable bonds is 3. The molecule has 0 aliphatic carbocycles. The summed E-state index contributed by atoms with van der Waals surface area (Å²) >= 11 is 1.46. The fourth-order valence-corrected chi connectivity index (χ4v) is 3.30. The average Bonchev–Trinajstić information content (AvgIpc) is 2.76. The minimum absolute atomic E-state index is 0.0573. The molecular formula is C14H17N5OS. The first-order chi connectivity index (χ1) is 10.1. The maximum Gasteiger partial charge on any atom is 0.265 e. The minimum Gasteiger partial charge on any atom is -0.351 e. The van der Waals surface area contributed by atoms with E-state index in [1.54, 1.807) is 18.6 Å². The molecule has 21 heavy (non-hydrogen) atoms. The maximum atomic E-state index is 12.5. The lowest BCUT2D eigenvalue weighted by Gasteiger charge is -2.44. The zero-order valence-corrected chi connectivity index (χ0v) is 13.1. The van der Waals surface area contributed by atoms with E-state index in [-0.39, 0.29) is 11.9 Å². The third-order valence-electron chi connectivity index (χ3n) is 3.70. The van der Waals surface area contributed by atoms with Gasteiger partial charge in [0, 0.05) is 32.5 Å². The lowest BCUT2D eigenvalue weighted by atomic mass is 10.1. The van der Waals surface area contributed by atoms with Gasteiger partial charge in [0.1, 0.15) is 10.7 Å². The van der Waals surface area contributed by atoms with Crippen LogP contribution >= 0.6 is 11.3 Å². The third kappa shape index (κ3) is 2.61. The molecule has 1 fully saturated rings. The maximum absolute atomic E-state index is 12.5. The molecule has 0 bridgehead atoms. The molecule has 0 aromatic carbocycles. The molecular weight excluding hydrogens is 286 g/mol. The van der Waals surface area contributed by atoms with Gasteiger partial charge in [0.2, 0.25) is 0 Å². The van der Waals surface area contributed by atoms with Crippen molar-refractivity contribution in [1.29, 1.82) is 0 Å². The number of thiazole rings is 1. The van der Waals surface area contributed by atoms with Crippen molar-refractivity contribution < 1.29 is 4.79 Å². The zero-order chi connectivity index (χ0) is 15.0. The Kier molecular flexibility index (Phi) is 3.59. The molecule has 0 unspecified atom stereocenters. The molecule has 110 valence electrons. The van der Waals surface area contributed by atoms with Crippen molar-refractivity contribution in [3.63, 3.8) is 0 Å². The van der Waals surface area contributed by atoms with Crippen molar-refractivity contribution in [3.8, 4) is 0 Å². The van der Waals surface area contributed by atoms with Crippen LogP contribution in [0.25, 0.3) is 0 Å². The number of hydrogen-bond donors (Lipinski definition) is 0. The summed E-state index contributed by atoms with van der Waals surface area (Å²) in [7, 11) is 1.86. The Morgan fingerprint density at radius 3 is 2.71 bits per heavy atom. The molecule has 0 atom stereocenters. The van der Waals surface area contributed by atoms with Gasteiger partial charge in [0.15, 0.2) is 0 Å². The van der Waals surface area contributed by atoms with Crippen LogP contribution in [0.5, 0.6) is 0 Å². The summed E-state index contributed by atoms with van der Waals surface area (Å²) in [5.74, 6) is 0.918. The Bertz CT molecular complexity index is 651. The van der Waals surface area contributed by atoms with E-state index in [2.05, 4.69) is 19.9 Å². The van der Waals surface area contributed by atoms with Gasteiger partial charge in [-0.05, 0) is 13.8 Å². The number of hydrogen-bond acceptors (Lipinski definition) is 6. The predicted octanol–water partition coefficient (Wildman–Crippen LogP) is 1.51. The number of aryl methyl sites for hydroxylation is 2. The van der Waals surface area contributed by atoms with Crippen LogP contribution in [0.2, 0.25) is 0 Å². The summed E-state index contributed by atoms with van der Waals surface area (Å²) in [6.45, 7) is 5.39. The van der Waals surface area contributed by atoms with Crippen LogP contribution in [0.1, 0.15) is 20.4 Å². The molecule has 0 radical (unpaired) electrons. The van der Waals surface area contributed by atoms with Crippen molar-refractivity contribution in [1.82, 2.24) is 19.9 Å². The standard InChI is InChI=1S/C14H17N5OS/c1-9-13(21-10(2)17-9)14(20)18(3)11-7-19(8-11)12-6-15-4-5-16-12/h4-6,11H,7-8H2,1-3H3. The van der Waals surface area contributed by atoms with Crippen molar-refractivity contribution in [2.24, 2.45) is 0 Å². The lowest BCUT2D eigenvalue weighted by molar-refractivity contribution is 0.0709. The highest BCUT2D eigenvalue weighted by atomic mass is 32.1. The quantitative estimate of drug-likeness (QED) is 0.860. The van der Waals surface area contributed by atoms with Crippen molar-refractivity contribution >= 4 is 23.1 Å². The first-order valence-electron chi connectivity index (χ1n) is 6.78. The number of nitrogens with zero attached hydrogens (tertiary/aromatic N) is 5. The van der Waals surface area contributed by atoms with E-state index in [1.807, 2.05) is 25.8 Å². The molecule has 1 saturated heterocycles. The van der Waals surface area contributed by atoms with Gasteiger partial charge in [-0.15, -0.1) is 11.3 Å². The fourth-order valence-electron chi connectivity index (χ4n) is 2.40. The summed E-state index contributed by atoms with van der Waals surface area (Å²) in [5, 5.41) is 0.930. The molecule has 0 saturated carbocycles. The van der Waals surface area contributed by atoms with E-state index in [9.17, 15) is 4.79 Å². The summed E-state index contributed by atoms with van der Waals surface area (Å²) in [6.07, 6.45) is 5.08. The van der Waals surface area contributed by atoms with Gasteiger partial charge in [0.25, 0.3) is 5.91 Å². The third-order valence-corrected chi connectivity index (χ3v) is 4.76. The molecule has 2 aromatic heterocycles. The van der Waals surface area contributed by atoms with E-state index in [4.69, 9.17) is 0 Å². The molecule has 0 N–H and O–H groups in total. The first-order valence-corrected chi connectivity index (χ1v) is 7.60. The van der Waals surface area contributed by atoms with Crippen LogP contribution in [-0.2, 0) is 0 Å². The van der Waals surface area contributed by atoms with E-state index in [1.165, 1.54) is 11.3 Å². The van der Waals surface area contributed by atoms with Crippen LogP contribution in [0.15, 0.2) is 18.6 Å². The van der Waals surface area contributed by atoms with Crippen molar-refractivity contribution in [2.75, 3.05) is 25.0 Å². The highest BCUT2D eigenvalue weighted by Gasteiger charge is 2.34. The van der Waals surface area contributed by atoms with Gasteiger partial charge >= 0.3 is 0 Å². The summed E-state index contributed by atoms with van der Waals surface area (Å²) in [6, 6.07) is 0.210. The smallest absolute Gasteiger partial charge is 0.265 e. The number of carbonyl (C=O) groups excluding carboxylic acids is 1. The highest BCUT2D eigenvalue weighted by molar-refractivity contribution is 7.13. The van der Waals surface area contributed by atoms with Crippen LogP contribution in [0, 0.1) is 13.8 Å². The van der Waals surface area contributed by atoms with E-state index in [0.717, 1.165) is 34.5 Å². The Morgan fingerprint density at radius 2 is 2.14 bits per heavy atom. The van der Waals surface area contributed by atoms with Gasteiger partial charge in [-0.2, -0.15) is 0 Å². The first kappa shape index (κ1) is 13.9. The molecule has 1 aliphatic rings. The van der Waals surface area contributed by atoms with E-state index in [0.29, 0.717) is 0 Å². The van der Waals surface area contributed by atoms with Crippen LogP contribution < -0.4 is 4.90 Å². The predicted molar refractivity (Wildman–Crippen MR) is 81.7 cm³/mol. The van der Waals surface area contributed by atoms with Gasteiger partial charge in [-0.1, -0.05) is 0 Å². The second-order valence-corrected chi connectivity index (χ2v) is 6.39. The normalized spacial score (nSPS) is 14.9. The molecule has 2 aromatic rings. The largest absolute Gasteiger partial charge is 0.351 e. The summed E-state index contributed by atoms with van der Waals surface area (Å²) in [5.41, 5.74) is 0.819. The molecule has 1 amide bonds. The fraction of sp³-hybridized carbons (Fsp3) is 0.429. The van der Waals surface area contributed by atoms with Gasteiger partial charge < -0.3 is 9.80 Å². The topological polar surface area (TPSA) is 62.2 Å². The second kappa shape index (κ2) is 5.40. The van der Waals surface area contributed by atoms with Crippen molar-refractivity contribution in [2.45, 2.75) is 19.9 Å². The SMILES string of the molecule is Cc1nc(C)c(C(=O)N(C)C2CN(c3cnccn3)C2)s1. The minimum atomic E-state index is 0.0573. The number of aromatic nitrogens is 3. The van der Waals surface area contributed by atoms with Crippen LogP contribution in [0.3, 0.4) is 0 Å². The molecule has 1 aliphatic heterocycles. The molecule has 7 heteroatoms. The lowest BCUT2D eigenvalue weighted by Crippen LogP contribution is -2.60. The highest BCUT2D eigenvalue weighted by Crippen LogP contribution is 2.24. The van der Waals surface area contributed by atoms with Gasteiger partial charge in [0.05, 0.1) is 22.9 Å². The monoisotopic (exact) mass is 303 g/mol. The van der Waals surface area contributed by atoms with Crippen LogP contribution in [-0.4, -0.2) is 51.9 Å². The number of amides is 1. The Morgan fingerprint density at radius 1 is 1.38 bits per heavy atom. The van der Waals surface area contributed by atoms with Crippen LogP contribution in [0.4, 0.5) is 5.82 Å². The summed E-state index contributed by atoms with van der Waals surface area (Å²) < 4.78 is 0. The molecule has 3 rings (SSSR count). The molecule has 0 spiro atoms. The van der Waals surface area contributed by atoms with E-state index < -0.39 is 0 Å². The number of anilines is 1. The van der Waals surface area contributed by atoms with E-state index >= 15 is 0 Å². The Labute approximate surface area is 127 Å². The number of carbonyl (C=O) groups is 1. The van der Waals surface area contributed by atoms with Gasteiger partial charge in [-0.25, -0.2) is 9.97 Å². The Balaban J connectivity index is 1.64. The number of likely N-dealkylation sites (N-methyl/N-ethyl adjacent to an activating group) is 1. The zero-order valence-electron chi connectivity index (χ0n) is 12.3. The molecule has 3 heterocycles.